The van der Waals surface area contributed by atoms with Gasteiger partial charge in [-0.25, -0.2) is 4.79 Å². The van der Waals surface area contributed by atoms with Crippen molar-refractivity contribution in [3.63, 3.8) is 0 Å². The van der Waals surface area contributed by atoms with Crippen LogP contribution in [-0.2, 0) is 10.4 Å². The first-order chi connectivity index (χ1) is 9.49. The second-order valence-corrected chi connectivity index (χ2v) is 7.73. The Kier molecular flexibility index (Phi) is 7.26. The summed E-state index contributed by atoms with van der Waals surface area (Å²) >= 11 is 0. The van der Waals surface area contributed by atoms with E-state index in [1.165, 1.54) is 17.8 Å². The van der Waals surface area contributed by atoms with Gasteiger partial charge in [0.1, 0.15) is 26.9 Å². The van der Waals surface area contributed by atoms with Crippen LogP contribution < -0.4 is 4.74 Å². The minimum absolute atomic E-state index is 0.413. The summed E-state index contributed by atoms with van der Waals surface area (Å²) in [5.41, 5.74) is 1.13. The fourth-order valence-electron chi connectivity index (χ4n) is 1.53. The van der Waals surface area contributed by atoms with Gasteiger partial charge in [0.05, 0.1) is 7.05 Å². The van der Waals surface area contributed by atoms with Gasteiger partial charge in [-0.2, -0.15) is 0 Å². The lowest BCUT2D eigenvalue weighted by molar-refractivity contribution is 0.185. The summed E-state index contributed by atoms with van der Waals surface area (Å²) in [4.78, 5) is 11.9. The van der Waals surface area contributed by atoms with E-state index in [-0.39, 0.29) is 0 Å². The van der Waals surface area contributed by atoms with Crippen LogP contribution in [0.4, 0.5) is 4.79 Å². The summed E-state index contributed by atoms with van der Waals surface area (Å²) < 4.78 is 18.1. The molecule has 0 aromatic heterocycles. The lowest BCUT2D eigenvalue weighted by Crippen LogP contribution is -2.33. The molecular formula is C14H21NO3S2. The van der Waals surface area contributed by atoms with Gasteiger partial charge in [-0.3, -0.25) is 0 Å². The predicted molar refractivity (Wildman–Crippen MR) is 85.2 cm³/mol. The topological polar surface area (TPSA) is 52.6 Å². The highest BCUT2D eigenvalue weighted by Gasteiger charge is 2.24. The molecule has 1 rings (SSSR count). The monoisotopic (exact) mass is 315 g/mol. The van der Waals surface area contributed by atoms with Crippen molar-refractivity contribution in [2.45, 2.75) is 33.1 Å². The summed E-state index contributed by atoms with van der Waals surface area (Å²) in [5.74, 6) is 1.57. The van der Waals surface area contributed by atoms with Crippen LogP contribution in [-0.4, -0.2) is 27.8 Å². The number of carbonyl (C=O) groups excluding carboxylic acids is 1. The van der Waals surface area contributed by atoms with Gasteiger partial charge in [0, 0.05) is 5.75 Å². The molecule has 0 aliphatic heterocycles. The largest absolute Gasteiger partial charge is 0.581 e. The average molecular weight is 315 g/mol. The van der Waals surface area contributed by atoms with Crippen molar-refractivity contribution in [1.29, 1.82) is 0 Å². The standard InChI is InChI=1S/C14H21NO3S2/c1-5-11(3)12-8-7-9-13(10-12)18-14(16)15(4)20(17)19-6-2/h7-11H,5-6H2,1-4H3. The molecule has 0 aliphatic carbocycles. The Morgan fingerprint density at radius 3 is 2.80 bits per heavy atom. The van der Waals surface area contributed by atoms with Gasteiger partial charge in [0.2, 0.25) is 0 Å². The molecule has 1 aromatic rings. The highest BCUT2D eigenvalue weighted by molar-refractivity contribution is 8.71. The fourth-order valence-corrected chi connectivity index (χ4v) is 3.31. The maximum Gasteiger partial charge on any atom is 0.457 e. The Labute approximate surface area is 127 Å². The quantitative estimate of drug-likeness (QED) is 0.589. The van der Waals surface area contributed by atoms with Gasteiger partial charge in [-0.1, -0.05) is 32.9 Å². The fraction of sp³-hybridized carbons (Fsp3) is 0.500. The number of nitrogens with zero attached hydrogens (tertiary/aromatic N) is 1. The van der Waals surface area contributed by atoms with Crippen LogP contribution in [0.2, 0.25) is 0 Å². The number of rotatable bonds is 6. The van der Waals surface area contributed by atoms with Crippen LogP contribution in [0.25, 0.3) is 0 Å². The third-order valence-electron chi connectivity index (χ3n) is 2.94. The van der Waals surface area contributed by atoms with Crippen LogP contribution in [0, 0.1) is 0 Å². The molecule has 2 atom stereocenters. The normalized spacial score (nSPS) is 13.7. The first-order valence-corrected chi connectivity index (χ1v) is 9.21. The zero-order chi connectivity index (χ0) is 15.1. The van der Waals surface area contributed by atoms with Gasteiger partial charge in [-0.05, 0) is 30.0 Å². The molecule has 0 saturated carbocycles. The summed E-state index contributed by atoms with van der Waals surface area (Å²) in [6, 6.07) is 7.46. The highest BCUT2D eigenvalue weighted by atomic mass is 33.1. The van der Waals surface area contributed by atoms with E-state index >= 15 is 0 Å². The summed E-state index contributed by atoms with van der Waals surface area (Å²) in [6.07, 6.45) is 0.416. The molecule has 0 fully saturated rings. The van der Waals surface area contributed by atoms with Gasteiger partial charge in [0.15, 0.2) is 0 Å². The molecule has 1 amide bonds. The van der Waals surface area contributed by atoms with E-state index in [2.05, 4.69) is 13.8 Å². The molecule has 0 heterocycles. The van der Waals surface area contributed by atoms with E-state index in [0.29, 0.717) is 17.4 Å². The molecule has 2 unspecified atom stereocenters. The van der Waals surface area contributed by atoms with Crippen molar-refractivity contribution < 1.29 is 14.1 Å². The Bertz CT molecular complexity index is 442. The van der Waals surface area contributed by atoms with E-state index < -0.39 is 16.5 Å². The van der Waals surface area contributed by atoms with Crippen LogP contribution in [0.3, 0.4) is 0 Å². The minimum atomic E-state index is -1.41. The molecule has 0 aliphatic rings. The molecule has 0 radical (unpaired) electrons. The van der Waals surface area contributed by atoms with Crippen LogP contribution >= 0.6 is 10.8 Å². The second kappa shape index (κ2) is 8.44. The van der Waals surface area contributed by atoms with Crippen LogP contribution in [0.1, 0.15) is 38.7 Å². The van der Waals surface area contributed by atoms with E-state index in [1.807, 2.05) is 25.1 Å². The van der Waals surface area contributed by atoms with E-state index in [1.54, 1.807) is 6.07 Å². The molecule has 20 heavy (non-hydrogen) atoms. The lowest BCUT2D eigenvalue weighted by atomic mass is 9.99. The minimum Gasteiger partial charge on any atom is -0.581 e. The van der Waals surface area contributed by atoms with Crippen molar-refractivity contribution in [3.8, 4) is 5.75 Å². The van der Waals surface area contributed by atoms with Crippen LogP contribution in [0.15, 0.2) is 24.3 Å². The maximum absolute atomic E-state index is 11.9. The van der Waals surface area contributed by atoms with Gasteiger partial charge >= 0.3 is 6.09 Å². The number of ether oxygens (including phenoxy) is 1. The first kappa shape index (κ1) is 17.2. The lowest BCUT2D eigenvalue weighted by Gasteiger charge is -2.17. The average Bonchev–Trinajstić information content (AvgIpc) is 2.46. The molecule has 1 aromatic carbocycles. The number of hydrogen-bond acceptors (Lipinski definition) is 4. The smallest absolute Gasteiger partial charge is 0.457 e. The number of benzene rings is 1. The van der Waals surface area contributed by atoms with Crippen molar-refractivity contribution in [2.75, 3.05) is 12.8 Å². The molecule has 0 saturated heterocycles. The highest BCUT2D eigenvalue weighted by Crippen LogP contribution is 2.24. The maximum atomic E-state index is 11.9. The predicted octanol–water partition coefficient (Wildman–Crippen LogP) is 3.96. The summed E-state index contributed by atoms with van der Waals surface area (Å²) in [5, 5.41) is 0. The first-order valence-electron chi connectivity index (χ1n) is 6.60. The van der Waals surface area contributed by atoms with Crippen molar-refractivity contribution in [2.24, 2.45) is 0 Å². The summed E-state index contributed by atoms with van der Waals surface area (Å²) in [7, 11) is 1.25. The Morgan fingerprint density at radius 1 is 1.50 bits per heavy atom. The second-order valence-electron chi connectivity index (χ2n) is 4.37. The zero-order valence-corrected chi connectivity index (χ0v) is 13.9. The van der Waals surface area contributed by atoms with Gasteiger partial charge in [-0.15, -0.1) is 4.31 Å². The number of carbonyl (C=O) groups is 1. The zero-order valence-electron chi connectivity index (χ0n) is 12.3. The van der Waals surface area contributed by atoms with Gasteiger partial charge in [0.25, 0.3) is 0 Å². The van der Waals surface area contributed by atoms with E-state index in [0.717, 1.165) is 16.3 Å². The molecule has 6 heteroatoms. The molecule has 4 nitrogen and oxygen atoms in total. The third kappa shape index (κ3) is 4.92. The third-order valence-corrected chi connectivity index (χ3v) is 5.96. The molecule has 0 bridgehead atoms. The van der Waals surface area contributed by atoms with Crippen molar-refractivity contribution in [3.05, 3.63) is 29.8 Å². The Morgan fingerprint density at radius 2 is 2.20 bits per heavy atom. The van der Waals surface area contributed by atoms with Crippen molar-refractivity contribution >= 4 is 27.3 Å². The molecule has 112 valence electrons. The van der Waals surface area contributed by atoms with Crippen LogP contribution in [0.5, 0.6) is 5.75 Å². The summed E-state index contributed by atoms with van der Waals surface area (Å²) in [6.45, 7) is 6.12. The number of hydrogen-bond donors (Lipinski definition) is 0. The molecule has 0 spiro atoms. The molecule has 0 N–H and O–H groups in total. The van der Waals surface area contributed by atoms with Crippen molar-refractivity contribution in [1.82, 2.24) is 4.31 Å². The van der Waals surface area contributed by atoms with E-state index in [4.69, 9.17) is 4.74 Å². The van der Waals surface area contributed by atoms with Gasteiger partial charge < -0.3 is 9.29 Å². The molecular weight excluding hydrogens is 294 g/mol. The SMILES string of the molecule is CCS[S+]([O-])N(C)C(=O)Oc1cccc(C(C)CC)c1. The Hall–Kier alpha value is -0.850. The Balaban J connectivity index is 2.70. The van der Waals surface area contributed by atoms with E-state index in [9.17, 15) is 9.35 Å². The number of amides is 1.